The molecule has 2 heterocycles. The number of hydrogen-bond acceptors (Lipinski definition) is 2. The van der Waals surface area contributed by atoms with E-state index in [9.17, 15) is 0 Å². The van der Waals surface area contributed by atoms with Gasteiger partial charge in [0.25, 0.3) is 0 Å². The summed E-state index contributed by atoms with van der Waals surface area (Å²) < 4.78 is 1.83. The quantitative estimate of drug-likeness (QED) is 0.743. The van der Waals surface area contributed by atoms with Crippen molar-refractivity contribution in [2.24, 2.45) is 0 Å². The van der Waals surface area contributed by atoms with Crippen LogP contribution in [-0.4, -0.2) is 14.6 Å². The molecule has 0 radical (unpaired) electrons. The number of hydrogen-bond donors (Lipinski definition) is 0. The van der Waals surface area contributed by atoms with Crippen molar-refractivity contribution in [3.8, 4) is 0 Å². The van der Waals surface area contributed by atoms with Crippen LogP contribution >= 0.6 is 0 Å². The van der Waals surface area contributed by atoms with Crippen LogP contribution < -0.4 is 0 Å². The molecule has 0 amide bonds. The molecule has 1 atom stereocenters. The van der Waals surface area contributed by atoms with E-state index in [1.54, 1.807) is 0 Å². The lowest BCUT2D eigenvalue weighted by molar-refractivity contribution is 0.668. The zero-order chi connectivity index (χ0) is 9.97. The molecule has 1 unspecified atom stereocenters. The van der Waals surface area contributed by atoms with Gasteiger partial charge in [-0.15, -0.1) is 0 Å². The first-order chi connectivity index (χ1) is 6.83. The molecular weight excluding hydrogens is 174 g/mol. The number of nitrogens with zero attached hydrogens (tertiary/aromatic N) is 3. The van der Waals surface area contributed by atoms with Crippen LogP contribution in [0.1, 0.15) is 38.2 Å². The normalized spacial score (nSPS) is 13.3. The van der Waals surface area contributed by atoms with Crippen molar-refractivity contribution in [1.29, 1.82) is 0 Å². The molecule has 2 rings (SSSR count). The van der Waals surface area contributed by atoms with E-state index in [0.29, 0.717) is 5.92 Å². The van der Waals surface area contributed by atoms with E-state index in [0.717, 1.165) is 5.65 Å². The summed E-state index contributed by atoms with van der Waals surface area (Å²) in [5, 5.41) is 4.28. The molecule has 0 aliphatic carbocycles. The van der Waals surface area contributed by atoms with E-state index >= 15 is 0 Å². The van der Waals surface area contributed by atoms with Gasteiger partial charge in [0.05, 0.1) is 6.20 Å². The van der Waals surface area contributed by atoms with Gasteiger partial charge in [0.15, 0.2) is 5.65 Å². The summed E-state index contributed by atoms with van der Waals surface area (Å²) in [6.07, 6.45) is 8.08. The van der Waals surface area contributed by atoms with Crippen LogP contribution in [0.3, 0.4) is 0 Å². The fraction of sp³-hybridized carbons (Fsp3) is 0.455. The minimum atomic E-state index is 0.549. The van der Waals surface area contributed by atoms with Crippen LogP contribution in [0, 0.1) is 0 Å². The molecule has 3 nitrogen and oxygen atoms in total. The van der Waals surface area contributed by atoms with Crippen molar-refractivity contribution in [3.05, 3.63) is 30.2 Å². The zero-order valence-corrected chi connectivity index (χ0v) is 8.64. The van der Waals surface area contributed by atoms with Crippen molar-refractivity contribution in [1.82, 2.24) is 14.6 Å². The third-order valence-corrected chi connectivity index (χ3v) is 2.56. The van der Waals surface area contributed by atoms with Gasteiger partial charge in [-0.25, -0.2) is 9.50 Å². The Labute approximate surface area is 83.8 Å². The van der Waals surface area contributed by atoms with Gasteiger partial charge >= 0.3 is 0 Å². The molecule has 0 aliphatic heterocycles. The van der Waals surface area contributed by atoms with Crippen molar-refractivity contribution in [3.63, 3.8) is 0 Å². The Morgan fingerprint density at radius 1 is 1.50 bits per heavy atom. The summed E-state index contributed by atoms with van der Waals surface area (Å²) in [6.45, 7) is 4.44. The Balaban J connectivity index is 2.42. The van der Waals surface area contributed by atoms with Crippen molar-refractivity contribution >= 4 is 5.65 Å². The molecule has 0 spiro atoms. The molecule has 74 valence electrons. The van der Waals surface area contributed by atoms with Crippen LogP contribution in [0.2, 0.25) is 0 Å². The predicted octanol–water partition coefficient (Wildman–Crippen LogP) is 2.63. The van der Waals surface area contributed by atoms with Crippen LogP contribution in [-0.2, 0) is 0 Å². The molecule has 0 N–H and O–H groups in total. The first-order valence-corrected chi connectivity index (χ1v) is 5.11. The number of aromatic nitrogens is 3. The first-order valence-electron chi connectivity index (χ1n) is 5.11. The zero-order valence-electron chi connectivity index (χ0n) is 8.64. The molecule has 0 saturated heterocycles. The highest BCUT2D eigenvalue weighted by Gasteiger charge is 2.11. The Hall–Kier alpha value is -1.38. The highest BCUT2D eigenvalue weighted by atomic mass is 15.2. The van der Waals surface area contributed by atoms with E-state index in [4.69, 9.17) is 0 Å². The number of rotatable bonds is 3. The minimum absolute atomic E-state index is 0.549. The second kappa shape index (κ2) is 3.78. The molecule has 0 bridgehead atoms. The topological polar surface area (TPSA) is 30.2 Å². The summed E-state index contributed by atoms with van der Waals surface area (Å²) in [7, 11) is 0. The first kappa shape index (κ1) is 9.19. The molecule has 2 aromatic rings. The van der Waals surface area contributed by atoms with Crippen molar-refractivity contribution in [2.75, 3.05) is 0 Å². The lowest BCUT2D eigenvalue weighted by Crippen LogP contribution is -1.94. The Bertz CT molecular complexity index is 419. The van der Waals surface area contributed by atoms with Crippen LogP contribution in [0.15, 0.2) is 24.7 Å². The van der Waals surface area contributed by atoms with Gasteiger partial charge in [-0.05, 0) is 18.4 Å². The average molecular weight is 189 g/mol. The summed E-state index contributed by atoms with van der Waals surface area (Å²) in [4.78, 5) is 4.34. The Kier molecular flexibility index (Phi) is 2.48. The van der Waals surface area contributed by atoms with Crippen LogP contribution in [0.25, 0.3) is 5.65 Å². The summed E-state index contributed by atoms with van der Waals surface area (Å²) in [5.41, 5.74) is 2.25. The monoisotopic (exact) mass is 189 g/mol. The van der Waals surface area contributed by atoms with Gasteiger partial charge in [-0.3, -0.25) is 0 Å². The average Bonchev–Trinajstić information content (AvgIpc) is 2.61. The van der Waals surface area contributed by atoms with E-state index in [1.165, 1.54) is 18.4 Å². The largest absolute Gasteiger partial charge is 0.237 e. The van der Waals surface area contributed by atoms with E-state index < -0.39 is 0 Å². The van der Waals surface area contributed by atoms with E-state index in [1.807, 2.05) is 29.2 Å². The lowest BCUT2D eigenvalue weighted by atomic mass is 9.99. The molecule has 0 aliphatic rings. The second-order valence-electron chi connectivity index (χ2n) is 3.68. The molecule has 14 heavy (non-hydrogen) atoms. The second-order valence-corrected chi connectivity index (χ2v) is 3.68. The maximum absolute atomic E-state index is 4.34. The maximum atomic E-state index is 4.34. The smallest absolute Gasteiger partial charge is 0.158 e. The van der Waals surface area contributed by atoms with Crippen LogP contribution in [0.5, 0.6) is 0 Å². The fourth-order valence-electron chi connectivity index (χ4n) is 1.78. The van der Waals surface area contributed by atoms with Gasteiger partial charge < -0.3 is 0 Å². The Morgan fingerprint density at radius 2 is 2.36 bits per heavy atom. The standard InChI is InChI=1S/C11H15N3/c1-3-5-9(2)10-8-13-14-7-4-6-12-11(10)14/h4,6-9H,3,5H2,1-2H3. The van der Waals surface area contributed by atoms with Gasteiger partial charge in [0.1, 0.15) is 0 Å². The van der Waals surface area contributed by atoms with Gasteiger partial charge in [-0.2, -0.15) is 5.10 Å². The van der Waals surface area contributed by atoms with Crippen LogP contribution in [0.4, 0.5) is 0 Å². The molecule has 0 fully saturated rings. The fourth-order valence-corrected chi connectivity index (χ4v) is 1.78. The van der Waals surface area contributed by atoms with E-state index in [-0.39, 0.29) is 0 Å². The van der Waals surface area contributed by atoms with Gasteiger partial charge in [-0.1, -0.05) is 20.3 Å². The van der Waals surface area contributed by atoms with Crippen molar-refractivity contribution < 1.29 is 0 Å². The molecule has 2 aromatic heterocycles. The highest BCUT2D eigenvalue weighted by Crippen LogP contribution is 2.22. The van der Waals surface area contributed by atoms with Crippen molar-refractivity contribution in [2.45, 2.75) is 32.6 Å². The minimum Gasteiger partial charge on any atom is -0.237 e. The van der Waals surface area contributed by atoms with E-state index in [2.05, 4.69) is 23.9 Å². The summed E-state index contributed by atoms with van der Waals surface area (Å²) in [5.74, 6) is 0.549. The van der Waals surface area contributed by atoms with Gasteiger partial charge in [0.2, 0.25) is 0 Å². The molecule has 3 heteroatoms. The third-order valence-electron chi connectivity index (χ3n) is 2.56. The molecular formula is C11H15N3. The maximum Gasteiger partial charge on any atom is 0.158 e. The summed E-state index contributed by atoms with van der Waals surface area (Å²) >= 11 is 0. The third kappa shape index (κ3) is 1.50. The lowest BCUT2D eigenvalue weighted by Gasteiger charge is -2.06. The summed E-state index contributed by atoms with van der Waals surface area (Å²) in [6, 6.07) is 1.90. The predicted molar refractivity (Wildman–Crippen MR) is 56.3 cm³/mol. The molecule has 0 aromatic carbocycles. The Morgan fingerprint density at radius 3 is 3.14 bits per heavy atom. The SMILES string of the molecule is CCCC(C)c1cnn2cccnc12. The van der Waals surface area contributed by atoms with Gasteiger partial charge in [0, 0.05) is 18.0 Å². The molecule has 0 saturated carbocycles. The number of fused-ring (bicyclic) bond motifs is 1. The highest BCUT2D eigenvalue weighted by molar-refractivity contribution is 5.47.